The second-order valence-corrected chi connectivity index (χ2v) is 6.99. The Balaban J connectivity index is 1.88. The highest BCUT2D eigenvalue weighted by Crippen LogP contribution is 2.41. The third-order valence-electron chi connectivity index (χ3n) is 4.32. The van der Waals surface area contributed by atoms with Crippen LogP contribution in [-0.4, -0.2) is 29.7 Å². The van der Waals surface area contributed by atoms with E-state index in [1.165, 1.54) is 5.56 Å². The molecule has 2 unspecified atom stereocenters. The molecule has 1 fully saturated rings. The number of rotatable bonds is 4. The van der Waals surface area contributed by atoms with E-state index in [1.54, 1.807) is 0 Å². The van der Waals surface area contributed by atoms with Crippen LogP contribution in [0, 0.1) is 11.3 Å². The van der Waals surface area contributed by atoms with Crippen LogP contribution in [0.15, 0.2) is 24.3 Å². The van der Waals surface area contributed by atoms with Crippen LogP contribution in [0.2, 0.25) is 5.02 Å². The number of benzene rings is 1. The Morgan fingerprint density at radius 1 is 1.32 bits per heavy atom. The lowest BCUT2D eigenvalue weighted by molar-refractivity contribution is 0.0348. The summed E-state index contributed by atoms with van der Waals surface area (Å²) < 4.78 is 0. The van der Waals surface area contributed by atoms with Crippen molar-refractivity contribution in [1.82, 2.24) is 4.90 Å². The van der Waals surface area contributed by atoms with E-state index >= 15 is 0 Å². The van der Waals surface area contributed by atoms with Crippen LogP contribution in [0.3, 0.4) is 0 Å². The van der Waals surface area contributed by atoms with Crippen molar-refractivity contribution in [2.45, 2.75) is 39.3 Å². The Morgan fingerprint density at radius 3 is 2.47 bits per heavy atom. The summed E-state index contributed by atoms with van der Waals surface area (Å²) in [6, 6.07) is 7.98. The van der Waals surface area contributed by atoms with Gasteiger partial charge in [0.15, 0.2) is 0 Å². The Morgan fingerprint density at radius 2 is 1.95 bits per heavy atom. The average molecular weight is 282 g/mol. The van der Waals surface area contributed by atoms with Crippen LogP contribution >= 0.6 is 11.6 Å². The maximum atomic E-state index is 10.3. The van der Waals surface area contributed by atoms with Crippen LogP contribution in [0.25, 0.3) is 0 Å². The van der Waals surface area contributed by atoms with Crippen molar-refractivity contribution in [3.63, 3.8) is 0 Å². The molecule has 0 heterocycles. The number of aliphatic hydroxyl groups excluding tert-OH is 1. The Hall–Kier alpha value is -0.570. The summed E-state index contributed by atoms with van der Waals surface area (Å²) >= 11 is 5.89. The molecular formula is C16H24ClNO. The highest BCUT2D eigenvalue weighted by atomic mass is 35.5. The van der Waals surface area contributed by atoms with Gasteiger partial charge in [-0.15, -0.1) is 0 Å². The van der Waals surface area contributed by atoms with Crippen LogP contribution in [-0.2, 0) is 6.54 Å². The van der Waals surface area contributed by atoms with Gasteiger partial charge in [-0.1, -0.05) is 37.6 Å². The maximum absolute atomic E-state index is 10.3. The summed E-state index contributed by atoms with van der Waals surface area (Å²) in [6.07, 6.45) is 2.06. The van der Waals surface area contributed by atoms with E-state index in [9.17, 15) is 5.11 Å². The molecule has 1 aromatic rings. The molecule has 0 spiro atoms. The molecule has 0 aliphatic heterocycles. The summed E-state index contributed by atoms with van der Waals surface area (Å²) in [4.78, 5) is 2.29. The minimum Gasteiger partial charge on any atom is -0.392 e. The first-order valence-electron chi connectivity index (χ1n) is 6.99. The average Bonchev–Trinajstić information content (AvgIpc) is 2.59. The fraction of sp³-hybridized carbons (Fsp3) is 0.625. The molecule has 0 bridgehead atoms. The Bertz CT molecular complexity index is 415. The second kappa shape index (κ2) is 5.82. The van der Waals surface area contributed by atoms with Crippen molar-refractivity contribution in [1.29, 1.82) is 0 Å². The highest BCUT2D eigenvalue weighted by Gasteiger charge is 2.40. The quantitative estimate of drug-likeness (QED) is 0.912. The number of halogens is 1. The lowest BCUT2D eigenvalue weighted by Gasteiger charge is -2.28. The van der Waals surface area contributed by atoms with E-state index < -0.39 is 0 Å². The van der Waals surface area contributed by atoms with Gasteiger partial charge in [0, 0.05) is 18.1 Å². The SMILES string of the molecule is CN(Cc1ccc(Cl)cc1)CC1CCC(C)(C)C1O. The smallest absolute Gasteiger partial charge is 0.0631 e. The van der Waals surface area contributed by atoms with E-state index in [4.69, 9.17) is 11.6 Å². The summed E-state index contributed by atoms with van der Waals surface area (Å²) in [7, 11) is 2.12. The first-order chi connectivity index (χ1) is 8.88. The van der Waals surface area contributed by atoms with Gasteiger partial charge in [-0.05, 0) is 48.9 Å². The van der Waals surface area contributed by atoms with Gasteiger partial charge in [0.25, 0.3) is 0 Å². The molecule has 0 aromatic heterocycles. The Labute approximate surface area is 121 Å². The third-order valence-corrected chi connectivity index (χ3v) is 4.57. The number of nitrogens with zero attached hydrogens (tertiary/aromatic N) is 1. The largest absolute Gasteiger partial charge is 0.392 e. The van der Waals surface area contributed by atoms with Gasteiger partial charge < -0.3 is 10.0 Å². The topological polar surface area (TPSA) is 23.5 Å². The number of hydrogen-bond donors (Lipinski definition) is 1. The lowest BCUT2D eigenvalue weighted by atomic mass is 9.87. The van der Waals surface area contributed by atoms with E-state index in [0.717, 1.165) is 31.0 Å². The molecule has 2 nitrogen and oxygen atoms in total. The normalized spacial score (nSPS) is 26.0. The van der Waals surface area contributed by atoms with E-state index in [0.29, 0.717) is 5.92 Å². The summed E-state index contributed by atoms with van der Waals surface area (Å²) in [6.45, 7) is 6.18. The number of aliphatic hydroxyl groups is 1. The molecular weight excluding hydrogens is 258 g/mol. The molecule has 0 amide bonds. The zero-order chi connectivity index (χ0) is 14.0. The van der Waals surface area contributed by atoms with Crippen molar-refractivity contribution >= 4 is 11.6 Å². The standard InChI is InChI=1S/C16H24ClNO/c1-16(2)9-8-13(15(16)19)11-18(3)10-12-4-6-14(17)7-5-12/h4-7,13,15,19H,8-11H2,1-3H3. The predicted octanol–water partition coefficient (Wildman–Crippen LogP) is 3.57. The van der Waals surface area contributed by atoms with Gasteiger partial charge in [-0.2, -0.15) is 0 Å². The Kier molecular flexibility index (Phi) is 4.54. The predicted molar refractivity (Wildman–Crippen MR) is 80.3 cm³/mol. The first-order valence-corrected chi connectivity index (χ1v) is 7.37. The number of hydrogen-bond acceptors (Lipinski definition) is 2. The van der Waals surface area contributed by atoms with E-state index in [2.05, 4.69) is 37.9 Å². The first kappa shape index (κ1) is 14.8. The van der Waals surface area contributed by atoms with Crippen molar-refractivity contribution in [3.8, 4) is 0 Å². The van der Waals surface area contributed by atoms with Crippen LogP contribution in [0.1, 0.15) is 32.3 Å². The molecule has 1 aromatic carbocycles. The van der Waals surface area contributed by atoms with Crippen molar-refractivity contribution in [2.75, 3.05) is 13.6 Å². The summed E-state index contributed by atoms with van der Waals surface area (Å²) in [5.74, 6) is 0.396. The zero-order valence-electron chi connectivity index (χ0n) is 12.1. The molecule has 0 saturated heterocycles. The minimum atomic E-state index is -0.180. The van der Waals surface area contributed by atoms with Gasteiger partial charge in [0.1, 0.15) is 0 Å². The van der Waals surface area contributed by atoms with Crippen molar-refractivity contribution in [2.24, 2.45) is 11.3 Å². The van der Waals surface area contributed by atoms with Crippen molar-refractivity contribution in [3.05, 3.63) is 34.9 Å². The van der Waals surface area contributed by atoms with E-state index in [1.807, 2.05) is 12.1 Å². The molecule has 2 rings (SSSR count). The monoisotopic (exact) mass is 281 g/mol. The van der Waals surface area contributed by atoms with Crippen LogP contribution < -0.4 is 0 Å². The lowest BCUT2D eigenvalue weighted by Crippen LogP contribution is -2.34. The van der Waals surface area contributed by atoms with Gasteiger partial charge in [0.2, 0.25) is 0 Å². The van der Waals surface area contributed by atoms with Gasteiger partial charge >= 0.3 is 0 Å². The van der Waals surface area contributed by atoms with Gasteiger partial charge in [0.05, 0.1) is 6.10 Å². The van der Waals surface area contributed by atoms with Crippen LogP contribution in [0.5, 0.6) is 0 Å². The highest BCUT2D eigenvalue weighted by molar-refractivity contribution is 6.30. The molecule has 1 saturated carbocycles. The van der Waals surface area contributed by atoms with Gasteiger partial charge in [-0.25, -0.2) is 0 Å². The molecule has 19 heavy (non-hydrogen) atoms. The fourth-order valence-corrected chi connectivity index (χ4v) is 3.18. The third kappa shape index (κ3) is 3.71. The molecule has 1 aliphatic rings. The molecule has 1 aliphatic carbocycles. The summed E-state index contributed by atoms with van der Waals surface area (Å²) in [5, 5.41) is 11.1. The second-order valence-electron chi connectivity index (χ2n) is 6.56. The molecule has 106 valence electrons. The molecule has 2 atom stereocenters. The molecule has 1 N–H and O–H groups in total. The molecule has 3 heteroatoms. The fourth-order valence-electron chi connectivity index (χ4n) is 3.06. The van der Waals surface area contributed by atoms with Crippen LogP contribution in [0.4, 0.5) is 0 Å². The summed E-state index contributed by atoms with van der Waals surface area (Å²) in [5.41, 5.74) is 1.34. The minimum absolute atomic E-state index is 0.0752. The maximum Gasteiger partial charge on any atom is 0.0631 e. The van der Waals surface area contributed by atoms with Crippen molar-refractivity contribution < 1.29 is 5.11 Å². The van der Waals surface area contributed by atoms with Gasteiger partial charge in [-0.3, -0.25) is 0 Å². The molecule has 0 radical (unpaired) electrons. The zero-order valence-corrected chi connectivity index (χ0v) is 12.8. The van der Waals surface area contributed by atoms with E-state index in [-0.39, 0.29) is 11.5 Å².